The smallest absolute Gasteiger partial charge is 0.318 e. The Balaban J connectivity index is 1.46. The third-order valence-corrected chi connectivity index (χ3v) is 5.15. The summed E-state index contributed by atoms with van der Waals surface area (Å²) in [7, 11) is 0. The highest BCUT2D eigenvalue weighted by Gasteiger charge is 2.27. The van der Waals surface area contributed by atoms with Gasteiger partial charge >= 0.3 is 6.03 Å². The van der Waals surface area contributed by atoms with Gasteiger partial charge in [-0.2, -0.15) is 0 Å². The second-order valence-corrected chi connectivity index (χ2v) is 7.21. The number of rotatable bonds is 5. The summed E-state index contributed by atoms with van der Waals surface area (Å²) in [5.41, 5.74) is 2.13. The second-order valence-electron chi connectivity index (χ2n) is 7.21. The van der Waals surface area contributed by atoms with Crippen molar-refractivity contribution in [1.29, 1.82) is 0 Å². The van der Waals surface area contributed by atoms with Crippen LogP contribution in [0.1, 0.15) is 30.0 Å². The molecule has 1 unspecified atom stereocenters. The molecule has 0 aliphatic carbocycles. The average Bonchev–Trinajstić information content (AvgIpc) is 2.79. The fourth-order valence-electron chi connectivity index (χ4n) is 3.69. The summed E-state index contributed by atoms with van der Waals surface area (Å²) in [4.78, 5) is 19.0. The van der Waals surface area contributed by atoms with Crippen LogP contribution in [0.3, 0.4) is 0 Å². The van der Waals surface area contributed by atoms with E-state index in [2.05, 4.69) is 10.3 Å². The number of benzene rings is 2. The minimum Gasteiger partial charge on any atom is -0.488 e. The number of nitrogens with zero attached hydrogens (tertiary/aromatic N) is 2. The van der Waals surface area contributed by atoms with E-state index in [9.17, 15) is 4.79 Å². The molecule has 2 amide bonds. The Bertz CT molecular complexity index is 864. The van der Waals surface area contributed by atoms with Crippen molar-refractivity contribution in [1.82, 2.24) is 15.2 Å². The molecule has 4 rings (SSSR count). The van der Waals surface area contributed by atoms with Crippen molar-refractivity contribution in [2.45, 2.75) is 25.0 Å². The maximum absolute atomic E-state index is 13.1. The van der Waals surface area contributed by atoms with Crippen LogP contribution >= 0.6 is 0 Å². The van der Waals surface area contributed by atoms with E-state index in [1.165, 1.54) is 0 Å². The number of nitrogens with one attached hydrogen (secondary N) is 1. The molecule has 2 aromatic carbocycles. The van der Waals surface area contributed by atoms with Gasteiger partial charge in [0.1, 0.15) is 11.9 Å². The number of carbonyl (C=O) groups excluding carboxylic acids is 1. The zero-order valence-electron chi connectivity index (χ0n) is 16.3. The van der Waals surface area contributed by atoms with E-state index in [0.29, 0.717) is 6.54 Å². The van der Waals surface area contributed by atoms with Gasteiger partial charge in [-0.15, -0.1) is 0 Å². The van der Waals surface area contributed by atoms with Gasteiger partial charge in [0.2, 0.25) is 0 Å². The highest BCUT2D eigenvalue weighted by molar-refractivity contribution is 5.75. The standard InChI is InChI=1S/C24H25N3O2/c28-24(27-17-7-12-22(18-27)29-21-13-15-25-16-14-21)26-23(19-8-3-1-4-9-19)20-10-5-2-6-11-20/h1-6,8-11,13-16,22-23H,7,12,17-18H2,(H,26,28). The number of pyridine rings is 1. The van der Waals surface area contributed by atoms with Crippen molar-refractivity contribution in [2.75, 3.05) is 13.1 Å². The fraction of sp³-hybridized carbons (Fsp3) is 0.250. The Morgan fingerprint density at radius 1 is 0.966 bits per heavy atom. The van der Waals surface area contributed by atoms with Crippen LogP contribution in [0.2, 0.25) is 0 Å². The molecular weight excluding hydrogens is 362 g/mol. The van der Waals surface area contributed by atoms with Crippen molar-refractivity contribution in [2.24, 2.45) is 0 Å². The van der Waals surface area contributed by atoms with E-state index >= 15 is 0 Å². The van der Waals surface area contributed by atoms with E-state index in [1.54, 1.807) is 12.4 Å². The monoisotopic (exact) mass is 387 g/mol. The minimum absolute atomic E-state index is 0.0104. The first-order chi connectivity index (χ1) is 14.3. The van der Waals surface area contributed by atoms with E-state index in [1.807, 2.05) is 77.7 Å². The molecule has 0 radical (unpaired) electrons. The Morgan fingerprint density at radius 3 is 2.21 bits per heavy atom. The number of hydrogen-bond acceptors (Lipinski definition) is 3. The van der Waals surface area contributed by atoms with Crippen LogP contribution in [-0.2, 0) is 0 Å². The summed E-state index contributed by atoms with van der Waals surface area (Å²) in [6.45, 7) is 1.31. The molecular formula is C24H25N3O2. The zero-order chi connectivity index (χ0) is 19.9. The molecule has 3 aromatic rings. The predicted octanol–water partition coefficient (Wildman–Crippen LogP) is 4.42. The summed E-state index contributed by atoms with van der Waals surface area (Å²) in [5.74, 6) is 0.790. The van der Waals surface area contributed by atoms with Crippen LogP contribution in [0, 0.1) is 0 Å². The van der Waals surface area contributed by atoms with Crippen LogP contribution in [-0.4, -0.2) is 35.1 Å². The molecule has 29 heavy (non-hydrogen) atoms. The number of piperidine rings is 1. The lowest BCUT2D eigenvalue weighted by Crippen LogP contribution is -2.49. The van der Waals surface area contributed by atoms with Gasteiger partial charge in [0.15, 0.2) is 0 Å². The molecule has 5 nitrogen and oxygen atoms in total. The SMILES string of the molecule is O=C(NC(c1ccccc1)c1ccccc1)N1CCCC(Oc2ccncc2)C1. The zero-order valence-corrected chi connectivity index (χ0v) is 16.3. The predicted molar refractivity (Wildman–Crippen MR) is 113 cm³/mol. The van der Waals surface area contributed by atoms with Gasteiger partial charge in [0, 0.05) is 18.9 Å². The summed E-state index contributed by atoms with van der Waals surface area (Å²) in [6, 6.07) is 23.6. The molecule has 1 saturated heterocycles. The highest BCUT2D eigenvalue weighted by Crippen LogP contribution is 2.23. The lowest BCUT2D eigenvalue weighted by atomic mass is 9.99. The first kappa shape index (κ1) is 19.0. The van der Waals surface area contributed by atoms with Crippen LogP contribution in [0.4, 0.5) is 4.79 Å². The molecule has 148 valence electrons. The molecule has 0 spiro atoms. The number of carbonyl (C=O) groups is 1. The van der Waals surface area contributed by atoms with Crippen LogP contribution in [0.15, 0.2) is 85.2 Å². The maximum Gasteiger partial charge on any atom is 0.318 e. The number of ether oxygens (including phenoxy) is 1. The maximum atomic E-state index is 13.1. The topological polar surface area (TPSA) is 54.5 Å². The summed E-state index contributed by atoms with van der Waals surface area (Å²) < 4.78 is 6.05. The lowest BCUT2D eigenvalue weighted by Gasteiger charge is -2.34. The van der Waals surface area contributed by atoms with Crippen LogP contribution in [0.25, 0.3) is 0 Å². The number of aromatic nitrogens is 1. The number of likely N-dealkylation sites (tertiary alicyclic amines) is 1. The third-order valence-electron chi connectivity index (χ3n) is 5.15. The van der Waals surface area contributed by atoms with Gasteiger partial charge in [-0.05, 0) is 36.1 Å². The lowest BCUT2D eigenvalue weighted by molar-refractivity contribution is 0.100. The summed E-state index contributed by atoms with van der Waals surface area (Å²) in [6.07, 6.45) is 5.28. The van der Waals surface area contributed by atoms with Gasteiger partial charge in [-0.3, -0.25) is 4.98 Å². The van der Waals surface area contributed by atoms with E-state index in [4.69, 9.17) is 4.74 Å². The summed E-state index contributed by atoms with van der Waals surface area (Å²) >= 11 is 0. The Morgan fingerprint density at radius 2 is 1.59 bits per heavy atom. The number of amides is 2. The molecule has 1 atom stereocenters. The first-order valence-corrected chi connectivity index (χ1v) is 10.0. The molecule has 0 bridgehead atoms. The van der Waals surface area contributed by atoms with E-state index in [-0.39, 0.29) is 18.2 Å². The molecule has 1 fully saturated rings. The second kappa shape index (κ2) is 9.24. The molecule has 1 aliphatic heterocycles. The highest BCUT2D eigenvalue weighted by atomic mass is 16.5. The largest absolute Gasteiger partial charge is 0.488 e. The summed E-state index contributed by atoms with van der Waals surface area (Å²) in [5, 5.41) is 3.23. The van der Waals surface area contributed by atoms with Crippen molar-refractivity contribution >= 4 is 6.03 Å². The van der Waals surface area contributed by atoms with Crippen LogP contribution in [0.5, 0.6) is 5.75 Å². The first-order valence-electron chi connectivity index (χ1n) is 10.0. The quantitative estimate of drug-likeness (QED) is 0.705. The normalized spacial score (nSPS) is 16.4. The van der Waals surface area contributed by atoms with Crippen LogP contribution < -0.4 is 10.1 Å². The van der Waals surface area contributed by atoms with Crippen molar-refractivity contribution in [3.05, 3.63) is 96.3 Å². The number of hydrogen-bond donors (Lipinski definition) is 1. The Kier molecular flexibility index (Phi) is 6.05. The molecule has 0 saturated carbocycles. The number of urea groups is 1. The molecule has 5 heteroatoms. The third kappa shape index (κ3) is 4.93. The van der Waals surface area contributed by atoms with Crippen molar-refractivity contribution < 1.29 is 9.53 Å². The molecule has 1 aromatic heterocycles. The Hall–Kier alpha value is -3.34. The van der Waals surface area contributed by atoms with Gasteiger partial charge in [-0.1, -0.05) is 60.7 Å². The molecule has 2 heterocycles. The molecule has 1 aliphatic rings. The van der Waals surface area contributed by atoms with Gasteiger partial charge < -0.3 is 15.0 Å². The van der Waals surface area contributed by atoms with Gasteiger partial charge in [-0.25, -0.2) is 4.79 Å². The van der Waals surface area contributed by atoms with Gasteiger partial charge in [0.05, 0.1) is 12.6 Å². The van der Waals surface area contributed by atoms with E-state index in [0.717, 1.165) is 36.3 Å². The van der Waals surface area contributed by atoms with Crippen molar-refractivity contribution in [3.8, 4) is 5.75 Å². The van der Waals surface area contributed by atoms with Crippen molar-refractivity contribution in [3.63, 3.8) is 0 Å². The average molecular weight is 387 g/mol. The Labute approximate surface area is 171 Å². The fourth-order valence-corrected chi connectivity index (χ4v) is 3.69. The van der Waals surface area contributed by atoms with Gasteiger partial charge in [0.25, 0.3) is 0 Å². The van der Waals surface area contributed by atoms with E-state index < -0.39 is 0 Å². The molecule has 1 N–H and O–H groups in total. The minimum atomic E-state index is -0.189.